The van der Waals surface area contributed by atoms with E-state index in [1.807, 2.05) is 0 Å². The Bertz CT molecular complexity index is 129. The van der Waals surface area contributed by atoms with E-state index in [1.54, 1.807) is 13.0 Å². The summed E-state index contributed by atoms with van der Waals surface area (Å²) < 4.78 is 0. The summed E-state index contributed by atoms with van der Waals surface area (Å²) in [5, 5.41) is 0. The minimum Gasteiger partial charge on any atom is -0.272 e. The van der Waals surface area contributed by atoms with Crippen LogP contribution in [0.5, 0.6) is 0 Å². The molecule has 0 aromatic rings. The molecule has 0 saturated heterocycles. The molecule has 1 atom stereocenters. The van der Waals surface area contributed by atoms with Crippen LogP contribution in [-0.4, -0.2) is 12.6 Å². The highest BCUT2D eigenvalue weighted by Crippen LogP contribution is 2.02. The van der Waals surface area contributed by atoms with Crippen molar-refractivity contribution < 1.29 is 4.79 Å². The summed E-state index contributed by atoms with van der Waals surface area (Å²) in [5.41, 5.74) is 0. The molecule has 0 heterocycles. The molecule has 0 radical (unpaired) electrons. The van der Waals surface area contributed by atoms with Crippen LogP contribution in [0.2, 0.25) is 0 Å². The zero-order valence-corrected chi connectivity index (χ0v) is 5.63. The zero-order chi connectivity index (χ0) is 7.28. The summed E-state index contributed by atoms with van der Waals surface area (Å²) in [4.78, 5) is 13.9. The predicted octanol–water partition coefficient (Wildman–Crippen LogP) is 1.43. The summed E-state index contributed by atoms with van der Waals surface area (Å²) in [6.45, 7) is 8.44. The van der Waals surface area contributed by atoms with E-state index in [0.29, 0.717) is 6.42 Å². The standard InChI is InChI=1S/C7H11NO/c1-4-5-6(2)7(9)8-3/h4,6H,1,3,5H2,2H3. The van der Waals surface area contributed by atoms with Gasteiger partial charge < -0.3 is 0 Å². The summed E-state index contributed by atoms with van der Waals surface area (Å²) in [6.07, 6.45) is 2.38. The fourth-order valence-corrected chi connectivity index (χ4v) is 0.507. The Morgan fingerprint density at radius 2 is 2.44 bits per heavy atom. The molecule has 0 aromatic carbocycles. The molecule has 2 nitrogen and oxygen atoms in total. The molecule has 0 aliphatic carbocycles. The van der Waals surface area contributed by atoms with Crippen molar-refractivity contribution >= 4 is 12.6 Å². The van der Waals surface area contributed by atoms with Crippen molar-refractivity contribution in [3.63, 3.8) is 0 Å². The number of amides is 1. The van der Waals surface area contributed by atoms with Gasteiger partial charge in [0, 0.05) is 5.92 Å². The molecule has 0 bridgehead atoms. The minimum absolute atomic E-state index is 0.0556. The summed E-state index contributed by atoms with van der Waals surface area (Å²) in [6, 6.07) is 0. The van der Waals surface area contributed by atoms with Crippen LogP contribution in [0.4, 0.5) is 0 Å². The van der Waals surface area contributed by atoms with Crippen LogP contribution in [0.3, 0.4) is 0 Å². The molecule has 0 spiro atoms. The molecule has 0 rings (SSSR count). The molecular formula is C7H11NO. The normalized spacial score (nSPS) is 12.1. The summed E-state index contributed by atoms with van der Waals surface area (Å²) in [7, 11) is 0. The lowest BCUT2D eigenvalue weighted by atomic mass is 10.1. The molecule has 0 saturated carbocycles. The average Bonchev–Trinajstić information content (AvgIpc) is 1.87. The van der Waals surface area contributed by atoms with Gasteiger partial charge in [-0.1, -0.05) is 13.0 Å². The second-order valence-corrected chi connectivity index (χ2v) is 1.92. The largest absolute Gasteiger partial charge is 0.272 e. The van der Waals surface area contributed by atoms with Gasteiger partial charge in [-0.05, 0) is 13.1 Å². The van der Waals surface area contributed by atoms with E-state index in [9.17, 15) is 4.79 Å². The molecule has 1 unspecified atom stereocenters. The van der Waals surface area contributed by atoms with Gasteiger partial charge in [0.1, 0.15) is 0 Å². The van der Waals surface area contributed by atoms with Crippen molar-refractivity contribution in [1.82, 2.24) is 0 Å². The monoisotopic (exact) mass is 125 g/mol. The molecule has 0 aliphatic rings. The van der Waals surface area contributed by atoms with E-state index in [1.165, 1.54) is 0 Å². The number of rotatable bonds is 3. The topological polar surface area (TPSA) is 29.4 Å². The van der Waals surface area contributed by atoms with Crippen molar-refractivity contribution in [1.29, 1.82) is 0 Å². The first kappa shape index (κ1) is 8.08. The Kier molecular flexibility index (Phi) is 3.60. The number of hydrogen-bond acceptors (Lipinski definition) is 1. The van der Waals surface area contributed by atoms with Gasteiger partial charge in [0.15, 0.2) is 0 Å². The second kappa shape index (κ2) is 4.01. The number of aliphatic imine (C=N–C) groups is 1. The minimum atomic E-state index is -0.157. The van der Waals surface area contributed by atoms with Gasteiger partial charge in [-0.15, -0.1) is 6.58 Å². The van der Waals surface area contributed by atoms with Gasteiger partial charge in [-0.25, -0.2) is 4.99 Å². The van der Waals surface area contributed by atoms with E-state index >= 15 is 0 Å². The highest BCUT2D eigenvalue weighted by Gasteiger charge is 2.06. The van der Waals surface area contributed by atoms with E-state index < -0.39 is 0 Å². The Hall–Kier alpha value is -0.920. The van der Waals surface area contributed by atoms with Crippen LogP contribution in [0.1, 0.15) is 13.3 Å². The molecule has 2 heteroatoms. The molecule has 50 valence electrons. The van der Waals surface area contributed by atoms with Crippen molar-refractivity contribution in [3.05, 3.63) is 12.7 Å². The fourth-order valence-electron chi connectivity index (χ4n) is 0.507. The van der Waals surface area contributed by atoms with Crippen molar-refractivity contribution in [2.75, 3.05) is 0 Å². The van der Waals surface area contributed by atoms with Gasteiger partial charge in [0.2, 0.25) is 5.91 Å². The first-order chi connectivity index (χ1) is 4.22. The van der Waals surface area contributed by atoms with Gasteiger partial charge in [0.05, 0.1) is 0 Å². The van der Waals surface area contributed by atoms with Gasteiger partial charge in [0.25, 0.3) is 0 Å². The third kappa shape index (κ3) is 2.80. The quantitative estimate of drug-likeness (QED) is 0.414. The maximum absolute atomic E-state index is 10.6. The lowest BCUT2D eigenvalue weighted by molar-refractivity contribution is -0.120. The van der Waals surface area contributed by atoms with Crippen LogP contribution in [0.25, 0.3) is 0 Å². The highest BCUT2D eigenvalue weighted by molar-refractivity contribution is 5.82. The van der Waals surface area contributed by atoms with Crippen LogP contribution in [0.15, 0.2) is 17.6 Å². The highest BCUT2D eigenvalue weighted by atomic mass is 16.1. The molecule has 0 N–H and O–H groups in total. The third-order valence-corrected chi connectivity index (χ3v) is 1.10. The maximum Gasteiger partial charge on any atom is 0.248 e. The SMILES string of the molecule is C=CCC(C)C(=O)N=C. The Morgan fingerprint density at radius 3 is 2.78 bits per heavy atom. The Labute approximate surface area is 55.3 Å². The predicted molar refractivity (Wildman–Crippen MR) is 38.5 cm³/mol. The molecule has 1 amide bonds. The van der Waals surface area contributed by atoms with Crippen LogP contribution in [0, 0.1) is 5.92 Å². The number of hydrogen-bond donors (Lipinski definition) is 0. The first-order valence-corrected chi connectivity index (χ1v) is 2.83. The molecule has 0 aromatic heterocycles. The molecule has 0 aliphatic heterocycles. The lowest BCUT2D eigenvalue weighted by Gasteiger charge is -1.99. The molecule has 0 fully saturated rings. The first-order valence-electron chi connectivity index (χ1n) is 2.83. The summed E-state index contributed by atoms with van der Waals surface area (Å²) >= 11 is 0. The molecule has 9 heavy (non-hydrogen) atoms. The Balaban J connectivity index is 3.71. The van der Waals surface area contributed by atoms with Crippen molar-refractivity contribution in [2.45, 2.75) is 13.3 Å². The number of carbonyl (C=O) groups is 1. The fraction of sp³-hybridized carbons (Fsp3) is 0.429. The number of nitrogens with zero attached hydrogens (tertiary/aromatic N) is 1. The second-order valence-electron chi connectivity index (χ2n) is 1.92. The lowest BCUT2D eigenvalue weighted by Crippen LogP contribution is -2.05. The number of allylic oxidation sites excluding steroid dienone is 1. The van der Waals surface area contributed by atoms with Gasteiger partial charge in [-0.3, -0.25) is 4.79 Å². The van der Waals surface area contributed by atoms with E-state index in [4.69, 9.17) is 0 Å². The van der Waals surface area contributed by atoms with Gasteiger partial charge in [-0.2, -0.15) is 0 Å². The third-order valence-electron chi connectivity index (χ3n) is 1.10. The molecular weight excluding hydrogens is 114 g/mol. The van der Waals surface area contributed by atoms with Crippen LogP contribution in [-0.2, 0) is 4.79 Å². The van der Waals surface area contributed by atoms with E-state index in [0.717, 1.165) is 0 Å². The van der Waals surface area contributed by atoms with Crippen molar-refractivity contribution in [2.24, 2.45) is 10.9 Å². The van der Waals surface area contributed by atoms with E-state index in [-0.39, 0.29) is 11.8 Å². The van der Waals surface area contributed by atoms with Crippen LogP contribution < -0.4 is 0 Å². The van der Waals surface area contributed by atoms with Crippen molar-refractivity contribution in [3.8, 4) is 0 Å². The zero-order valence-electron chi connectivity index (χ0n) is 5.63. The smallest absolute Gasteiger partial charge is 0.248 e. The van der Waals surface area contributed by atoms with E-state index in [2.05, 4.69) is 18.3 Å². The summed E-state index contributed by atoms with van der Waals surface area (Å²) in [5.74, 6) is -0.213. The Morgan fingerprint density at radius 1 is 1.89 bits per heavy atom. The van der Waals surface area contributed by atoms with Gasteiger partial charge >= 0.3 is 0 Å². The van der Waals surface area contributed by atoms with Crippen LogP contribution >= 0.6 is 0 Å². The maximum atomic E-state index is 10.6. The number of carbonyl (C=O) groups excluding carboxylic acids is 1. The average molecular weight is 125 g/mol.